The second kappa shape index (κ2) is 13.7. The molecule has 1 N–H and O–H groups in total. The zero-order valence-electron chi connectivity index (χ0n) is 21.9. The lowest BCUT2D eigenvalue weighted by molar-refractivity contribution is -0.127. The molecule has 206 valence electrons. The van der Waals surface area contributed by atoms with E-state index >= 15 is 0 Å². The number of hydrogen-bond donors (Lipinski definition) is 1. The third-order valence-corrected chi connectivity index (χ3v) is 8.06. The van der Waals surface area contributed by atoms with Crippen molar-refractivity contribution in [2.24, 2.45) is 0 Å². The molecule has 4 rings (SSSR count). The molecule has 0 aliphatic carbocycles. The van der Waals surface area contributed by atoms with Crippen LogP contribution in [0.2, 0.25) is 5.02 Å². The number of carbonyl (C=O) groups is 4. The highest BCUT2D eigenvalue weighted by molar-refractivity contribution is 8.18. The summed E-state index contributed by atoms with van der Waals surface area (Å²) in [5.74, 6) is -1.72. The van der Waals surface area contributed by atoms with E-state index in [0.717, 1.165) is 44.9 Å². The number of hydrogen-bond acceptors (Lipinski definition) is 7. The summed E-state index contributed by atoms with van der Waals surface area (Å²) in [6, 6.07) is 20.3. The number of anilines is 1. The molecule has 1 aliphatic heterocycles. The first kappa shape index (κ1) is 29.5. The summed E-state index contributed by atoms with van der Waals surface area (Å²) in [6.45, 7) is 3.83. The van der Waals surface area contributed by atoms with E-state index in [1.807, 2.05) is 38.1 Å². The molecule has 3 aromatic carbocycles. The topological polar surface area (TPSA) is 92.8 Å². The largest absolute Gasteiger partial charge is 0.462 e. The van der Waals surface area contributed by atoms with Gasteiger partial charge in [-0.15, -0.1) is 0 Å². The maximum atomic E-state index is 12.9. The van der Waals surface area contributed by atoms with E-state index in [1.54, 1.807) is 17.8 Å². The monoisotopic (exact) mass is 594 g/mol. The molecule has 0 saturated carbocycles. The average molecular weight is 595 g/mol. The van der Waals surface area contributed by atoms with E-state index in [-0.39, 0.29) is 22.1 Å². The first-order valence-electron chi connectivity index (χ1n) is 12.6. The number of thioether (sulfide) groups is 1. The van der Waals surface area contributed by atoms with Crippen molar-refractivity contribution in [2.75, 3.05) is 18.5 Å². The molecule has 0 radical (unpaired) electrons. The number of nitrogens with zero attached hydrogens (tertiary/aromatic N) is 1. The molecule has 0 unspecified atom stereocenters. The Kier molecular flexibility index (Phi) is 10.1. The van der Waals surface area contributed by atoms with Crippen LogP contribution in [0.3, 0.4) is 0 Å². The molecule has 10 heteroatoms. The van der Waals surface area contributed by atoms with Crippen LogP contribution in [-0.2, 0) is 14.3 Å². The van der Waals surface area contributed by atoms with E-state index in [0.29, 0.717) is 5.69 Å². The maximum absolute atomic E-state index is 12.9. The van der Waals surface area contributed by atoms with Gasteiger partial charge in [-0.3, -0.25) is 19.3 Å². The molecule has 1 aliphatic rings. The molecular formula is C30H27ClN2O5S2. The molecule has 3 aromatic rings. The predicted molar refractivity (Wildman–Crippen MR) is 160 cm³/mol. The Morgan fingerprint density at radius 3 is 2.38 bits per heavy atom. The summed E-state index contributed by atoms with van der Waals surface area (Å²) in [4.78, 5) is 53.7. The first-order chi connectivity index (χ1) is 19.2. The number of imide groups is 1. The highest BCUT2D eigenvalue weighted by Crippen LogP contribution is 2.33. The van der Waals surface area contributed by atoms with E-state index in [1.165, 1.54) is 23.8 Å². The van der Waals surface area contributed by atoms with Gasteiger partial charge in [0.05, 0.1) is 22.1 Å². The number of halogens is 1. The van der Waals surface area contributed by atoms with Crippen molar-refractivity contribution >= 4 is 69.9 Å². The maximum Gasteiger partial charge on any atom is 0.339 e. The molecule has 3 amide bonds. The lowest BCUT2D eigenvalue weighted by Gasteiger charge is -2.13. The Bertz CT molecular complexity index is 1460. The van der Waals surface area contributed by atoms with Gasteiger partial charge in [0.2, 0.25) is 5.91 Å². The SMILES string of the molecule is CCCCOC(=O)c1cc(NC(=O)CN2C(=O)S/C(=C\c3ccc(Sc4ccc(C)cc4)cc3)C2=O)ccc1Cl. The Morgan fingerprint density at radius 2 is 1.70 bits per heavy atom. The van der Waals surface area contributed by atoms with Gasteiger partial charge in [-0.1, -0.05) is 66.5 Å². The van der Waals surface area contributed by atoms with Gasteiger partial charge in [0, 0.05) is 15.5 Å². The molecule has 1 heterocycles. The Hall–Kier alpha value is -3.53. The van der Waals surface area contributed by atoms with E-state index in [4.69, 9.17) is 16.3 Å². The zero-order chi connectivity index (χ0) is 28.6. The van der Waals surface area contributed by atoms with Crippen LogP contribution in [0.1, 0.15) is 41.3 Å². The van der Waals surface area contributed by atoms with Crippen LogP contribution in [0.4, 0.5) is 10.5 Å². The van der Waals surface area contributed by atoms with Crippen LogP contribution in [0, 0.1) is 6.92 Å². The van der Waals surface area contributed by atoms with Gasteiger partial charge in [0.15, 0.2) is 0 Å². The number of aryl methyl sites for hydroxylation is 1. The smallest absolute Gasteiger partial charge is 0.339 e. The molecule has 1 fully saturated rings. The molecule has 7 nitrogen and oxygen atoms in total. The fourth-order valence-electron chi connectivity index (χ4n) is 3.65. The number of rotatable bonds is 10. The third-order valence-electron chi connectivity index (χ3n) is 5.81. The Labute approximate surface area is 246 Å². The second-order valence-electron chi connectivity index (χ2n) is 8.98. The highest BCUT2D eigenvalue weighted by Gasteiger charge is 2.36. The van der Waals surface area contributed by atoms with Gasteiger partial charge in [-0.2, -0.15) is 0 Å². The minimum absolute atomic E-state index is 0.118. The normalized spacial score (nSPS) is 14.1. The average Bonchev–Trinajstić information content (AvgIpc) is 3.19. The molecule has 40 heavy (non-hydrogen) atoms. The number of ether oxygens (including phenoxy) is 1. The van der Waals surface area contributed by atoms with E-state index < -0.39 is 29.6 Å². The van der Waals surface area contributed by atoms with Gasteiger partial charge in [-0.25, -0.2) is 4.79 Å². The number of esters is 1. The van der Waals surface area contributed by atoms with Gasteiger partial charge >= 0.3 is 5.97 Å². The van der Waals surface area contributed by atoms with E-state index in [9.17, 15) is 19.2 Å². The molecule has 0 bridgehead atoms. The van der Waals surface area contributed by atoms with E-state index in [2.05, 4.69) is 29.6 Å². The van der Waals surface area contributed by atoms with Crippen molar-refractivity contribution in [1.29, 1.82) is 0 Å². The number of amides is 3. The van der Waals surface area contributed by atoms with Crippen molar-refractivity contribution in [3.8, 4) is 0 Å². The number of nitrogens with one attached hydrogen (secondary N) is 1. The lowest BCUT2D eigenvalue weighted by atomic mass is 10.2. The summed E-state index contributed by atoms with van der Waals surface area (Å²) in [5, 5.41) is 2.27. The molecule has 0 spiro atoms. The summed E-state index contributed by atoms with van der Waals surface area (Å²) >= 11 is 8.54. The van der Waals surface area contributed by atoms with Crippen LogP contribution in [0.25, 0.3) is 6.08 Å². The van der Waals surface area contributed by atoms with Crippen molar-refractivity contribution in [3.05, 3.63) is 93.3 Å². The number of carbonyl (C=O) groups excluding carboxylic acids is 4. The van der Waals surface area contributed by atoms with Crippen molar-refractivity contribution < 1.29 is 23.9 Å². The van der Waals surface area contributed by atoms with Crippen LogP contribution >= 0.6 is 35.1 Å². The molecule has 1 saturated heterocycles. The van der Waals surface area contributed by atoms with Crippen LogP contribution < -0.4 is 5.32 Å². The second-order valence-corrected chi connectivity index (χ2v) is 11.5. The standard InChI is InChI=1S/C30H27ClN2O5S2/c1-3-4-15-38-29(36)24-17-21(9-14-25(24)31)32-27(34)18-33-28(35)26(40-30(33)37)16-20-7-12-23(13-8-20)39-22-10-5-19(2)6-11-22/h5-14,16-17H,3-4,15,18H2,1-2H3,(H,32,34)/b26-16-. The summed E-state index contributed by atoms with van der Waals surface area (Å²) in [6.07, 6.45) is 3.24. The Balaban J connectivity index is 1.36. The fraction of sp³-hybridized carbons (Fsp3) is 0.200. The predicted octanol–water partition coefficient (Wildman–Crippen LogP) is 7.43. The van der Waals surface area contributed by atoms with Crippen LogP contribution in [0.15, 0.2) is 81.4 Å². The first-order valence-corrected chi connectivity index (χ1v) is 14.6. The van der Waals surface area contributed by atoms with Gasteiger partial charge < -0.3 is 10.1 Å². The molecule has 0 atom stereocenters. The number of unbranched alkanes of at least 4 members (excludes halogenated alkanes) is 1. The minimum Gasteiger partial charge on any atom is -0.462 e. The van der Waals surface area contributed by atoms with Crippen LogP contribution in [0.5, 0.6) is 0 Å². The zero-order valence-corrected chi connectivity index (χ0v) is 24.3. The lowest BCUT2D eigenvalue weighted by Crippen LogP contribution is -2.36. The Morgan fingerprint density at radius 1 is 1.02 bits per heavy atom. The van der Waals surface area contributed by atoms with Crippen molar-refractivity contribution in [3.63, 3.8) is 0 Å². The van der Waals surface area contributed by atoms with Crippen molar-refractivity contribution in [1.82, 2.24) is 4.90 Å². The summed E-state index contributed by atoms with van der Waals surface area (Å²) in [7, 11) is 0. The summed E-state index contributed by atoms with van der Waals surface area (Å²) < 4.78 is 5.20. The quantitative estimate of drug-likeness (QED) is 0.148. The van der Waals surface area contributed by atoms with Gasteiger partial charge in [0.25, 0.3) is 11.1 Å². The molecule has 0 aromatic heterocycles. The highest BCUT2D eigenvalue weighted by atomic mass is 35.5. The third kappa shape index (κ3) is 7.78. The van der Waals surface area contributed by atoms with Crippen LogP contribution in [-0.4, -0.2) is 41.1 Å². The fourth-order valence-corrected chi connectivity index (χ4v) is 5.50. The number of benzene rings is 3. The van der Waals surface area contributed by atoms with Gasteiger partial charge in [0.1, 0.15) is 6.54 Å². The summed E-state index contributed by atoms with van der Waals surface area (Å²) in [5.41, 5.74) is 2.38. The minimum atomic E-state index is -0.590. The molecular weight excluding hydrogens is 568 g/mol. The van der Waals surface area contributed by atoms with Gasteiger partial charge in [-0.05, 0) is 79.2 Å². The van der Waals surface area contributed by atoms with Crippen molar-refractivity contribution in [2.45, 2.75) is 36.5 Å².